The molecule has 0 N–H and O–H groups in total. The summed E-state index contributed by atoms with van der Waals surface area (Å²) in [7, 11) is 0. The zero-order valence-electron chi connectivity index (χ0n) is 11.3. The van der Waals surface area contributed by atoms with Gasteiger partial charge in [-0.05, 0) is 48.5 Å². The maximum atomic E-state index is 5.89. The van der Waals surface area contributed by atoms with Crippen LogP contribution in [0.15, 0.2) is 33.9 Å². The summed E-state index contributed by atoms with van der Waals surface area (Å²) >= 11 is 7.33. The fourth-order valence-electron chi connectivity index (χ4n) is 1.68. The lowest BCUT2D eigenvalue weighted by atomic mass is 10.3. The quantitative estimate of drug-likeness (QED) is 0.683. The summed E-state index contributed by atoms with van der Waals surface area (Å²) in [4.78, 5) is 4.21. The highest BCUT2D eigenvalue weighted by Gasteiger charge is 2.19. The average molecular weight is 323 g/mol. The molecule has 1 atom stereocenters. The van der Waals surface area contributed by atoms with Crippen molar-refractivity contribution >= 4 is 23.4 Å². The standard InChI is InChI=1S/C12H11ClN6OS/c1-7(11-14-8(2)16-20-11)21-12-15-17-18-19(12)10-5-3-9(13)4-6-10/h3-7H,1-2H3. The molecule has 0 bridgehead atoms. The molecule has 21 heavy (non-hydrogen) atoms. The van der Waals surface area contributed by atoms with Crippen LogP contribution in [0.1, 0.15) is 23.9 Å². The van der Waals surface area contributed by atoms with Crippen LogP contribution in [0.4, 0.5) is 0 Å². The molecule has 9 heteroatoms. The fourth-order valence-corrected chi connectivity index (χ4v) is 2.65. The Morgan fingerprint density at radius 2 is 2.05 bits per heavy atom. The van der Waals surface area contributed by atoms with E-state index in [0.29, 0.717) is 21.9 Å². The molecule has 1 unspecified atom stereocenters. The van der Waals surface area contributed by atoms with Gasteiger partial charge in [0.25, 0.3) is 0 Å². The second-order valence-electron chi connectivity index (χ2n) is 4.29. The number of hydrogen-bond acceptors (Lipinski definition) is 7. The number of aryl methyl sites for hydroxylation is 1. The van der Waals surface area contributed by atoms with E-state index in [1.54, 1.807) is 23.7 Å². The Balaban J connectivity index is 1.84. The molecule has 3 rings (SSSR count). The van der Waals surface area contributed by atoms with Crippen molar-refractivity contribution in [1.29, 1.82) is 0 Å². The lowest BCUT2D eigenvalue weighted by molar-refractivity contribution is 0.376. The molecule has 0 spiro atoms. The number of thioether (sulfide) groups is 1. The highest BCUT2D eigenvalue weighted by Crippen LogP contribution is 2.33. The molecule has 0 aliphatic heterocycles. The molecule has 3 aromatic rings. The minimum Gasteiger partial charge on any atom is -0.338 e. The molecule has 0 saturated heterocycles. The highest BCUT2D eigenvalue weighted by molar-refractivity contribution is 7.99. The smallest absolute Gasteiger partial charge is 0.239 e. The Kier molecular flexibility index (Phi) is 3.89. The van der Waals surface area contributed by atoms with E-state index in [1.165, 1.54) is 11.8 Å². The van der Waals surface area contributed by atoms with Crippen LogP contribution < -0.4 is 0 Å². The van der Waals surface area contributed by atoms with E-state index < -0.39 is 0 Å². The van der Waals surface area contributed by atoms with Gasteiger partial charge in [-0.1, -0.05) is 28.5 Å². The van der Waals surface area contributed by atoms with Gasteiger partial charge < -0.3 is 4.52 Å². The van der Waals surface area contributed by atoms with Gasteiger partial charge in [-0.2, -0.15) is 9.67 Å². The van der Waals surface area contributed by atoms with Gasteiger partial charge in [0, 0.05) is 5.02 Å². The summed E-state index contributed by atoms with van der Waals surface area (Å²) in [5, 5.41) is 16.8. The van der Waals surface area contributed by atoms with Crippen LogP contribution >= 0.6 is 23.4 Å². The fraction of sp³-hybridized carbons (Fsp3) is 0.250. The van der Waals surface area contributed by atoms with Crippen LogP contribution in [0, 0.1) is 6.92 Å². The number of benzene rings is 1. The molecule has 1 aromatic carbocycles. The van der Waals surface area contributed by atoms with Gasteiger partial charge in [0.05, 0.1) is 10.9 Å². The molecular weight excluding hydrogens is 312 g/mol. The van der Waals surface area contributed by atoms with Crippen molar-refractivity contribution in [1.82, 2.24) is 30.3 Å². The topological polar surface area (TPSA) is 82.5 Å². The Morgan fingerprint density at radius 3 is 2.71 bits per heavy atom. The molecule has 7 nitrogen and oxygen atoms in total. The van der Waals surface area contributed by atoms with E-state index in [0.717, 1.165) is 5.69 Å². The van der Waals surface area contributed by atoms with Crippen molar-refractivity contribution < 1.29 is 4.52 Å². The van der Waals surface area contributed by atoms with Crippen LogP contribution in [0.3, 0.4) is 0 Å². The van der Waals surface area contributed by atoms with Crippen LogP contribution in [0.25, 0.3) is 5.69 Å². The van der Waals surface area contributed by atoms with E-state index in [4.69, 9.17) is 16.1 Å². The largest absolute Gasteiger partial charge is 0.338 e. The summed E-state index contributed by atoms with van der Waals surface area (Å²) in [6, 6.07) is 7.28. The summed E-state index contributed by atoms with van der Waals surface area (Å²) in [6.45, 7) is 3.74. The maximum Gasteiger partial charge on any atom is 0.239 e. The van der Waals surface area contributed by atoms with Gasteiger partial charge in [0.15, 0.2) is 5.82 Å². The summed E-state index contributed by atoms with van der Waals surface area (Å²) < 4.78 is 6.80. The third kappa shape index (κ3) is 3.06. The first-order valence-electron chi connectivity index (χ1n) is 6.14. The highest BCUT2D eigenvalue weighted by atomic mass is 35.5. The SMILES string of the molecule is Cc1noc(C(C)Sc2nnnn2-c2ccc(Cl)cc2)n1. The first-order chi connectivity index (χ1) is 10.1. The number of aromatic nitrogens is 6. The Labute approximate surface area is 129 Å². The van der Waals surface area contributed by atoms with Crippen molar-refractivity contribution in [3.05, 3.63) is 41.0 Å². The van der Waals surface area contributed by atoms with E-state index in [9.17, 15) is 0 Å². The van der Waals surface area contributed by atoms with Gasteiger partial charge in [-0.15, -0.1) is 5.10 Å². The van der Waals surface area contributed by atoms with Crippen molar-refractivity contribution in [2.45, 2.75) is 24.3 Å². The van der Waals surface area contributed by atoms with Crippen LogP contribution in [0.2, 0.25) is 5.02 Å². The number of hydrogen-bond donors (Lipinski definition) is 0. The van der Waals surface area contributed by atoms with Crippen LogP contribution in [-0.4, -0.2) is 30.3 Å². The van der Waals surface area contributed by atoms with E-state index in [2.05, 4.69) is 25.7 Å². The zero-order chi connectivity index (χ0) is 14.8. The lowest BCUT2D eigenvalue weighted by Crippen LogP contribution is -2.00. The first-order valence-corrected chi connectivity index (χ1v) is 7.40. The van der Waals surface area contributed by atoms with Gasteiger partial charge in [-0.25, -0.2) is 0 Å². The van der Waals surface area contributed by atoms with Gasteiger partial charge >= 0.3 is 0 Å². The monoisotopic (exact) mass is 322 g/mol. The van der Waals surface area contributed by atoms with Gasteiger partial charge in [0.1, 0.15) is 0 Å². The van der Waals surface area contributed by atoms with Crippen molar-refractivity contribution in [2.75, 3.05) is 0 Å². The molecule has 0 aliphatic rings. The molecule has 2 aromatic heterocycles. The maximum absolute atomic E-state index is 5.89. The molecule has 0 aliphatic carbocycles. The molecule has 0 amide bonds. The van der Waals surface area contributed by atoms with Crippen molar-refractivity contribution in [3.8, 4) is 5.69 Å². The Hall–Kier alpha value is -1.93. The Bertz CT molecular complexity index is 740. The third-order valence-corrected chi connectivity index (χ3v) is 3.96. The van der Waals surface area contributed by atoms with Crippen LogP contribution in [0.5, 0.6) is 0 Å². The zero-order valence-corrected chi connectivity index (χ0v) is 12.8. The number of rotatable bonds is 4. The predicted octanol–water partition coefficient (Wildman–Crippen LogP) is 2.86. The van der Waals surface area contributed by atoms with E-state index in [-0.39, 0.29) is 5.25 Å². The van der Waals surface area contributed by atoms with Crippen LogP contribution in [-0.2, 0) is 0 Å². The normalized spacial score (nSPS) is 12.5. The molecule has 0 radical (unpaired) electrons. The lowest BCUT2D eigenvalue weighted by Gasteiger charge is -2.07. The second-order valence-corrected chi connectivity index (χ2v) is 6.03. The van der Waals surface area contributed by atoms with Crippen molar-refractivity contribution in [2.24, 2.45) is 0 Å². The molecule has 0 saturated carbocycles. The minimum atomic E-state index is -0.0525. The second kappa shape index (κ2) is 5.82. The number of nitrogens with zero attached hydrogens (tertiary/aromatic N) is 6. The molecule has 0 fully saturated rings. The Morgan fingerprint density at radius 1 is 1.29 bits per heavy atom. The minimum absolute atomic E-state index is 0.0525. The number of halogens is 1. The third-order valence-electron chi connectivity index (χ3n) is 2.69. The molecular formula is C12H11ClN6OS. The number of tetrazole rings is 1. The molecule has 108 valence electrons. The molecule has 2 heterocycles. The van der Waals surface area contributed by atoms with E-state index in [1.807, 2.05) is 19.1 Å². The van der Waals surface area contributed by atoms with Gasteiger partial charge in [0.2, 0.25) is 11.0 Å². The van der Waals surface area contributed by atoms with Gasteiger partial charge in [-0.3, -0.25) is 0 Å². The van der Waals surface area contributed by atoms with Crippen molar-refractivity contribution in [3.63, 3.8) is 0 Å². The summed E-state index contributed by atoms with van der Waals surface area (Å²) in [5.74, 6) is 1.15. The summed E-state index contributed by atoms with van der Waals surface area (Å²) in [5.41, 5.74) is 0.834. The first kappa shape index (κ1) is 14.0. The van der Waals surface area contributed by atoms with E-state index >= 15 is 0 Å². The summed E-state index contributed by atoms with van der Waals surface area (Å²) in [6.07, 6.45) is 0. The average Bonchev–Trinajstić information content (AvgIpc) is 3.09. The predicted molar refractivity (Wildman–Crippen MR) is 77.5 cm³/mol.